The Morgan fingerprint density at radius 1 is 1.16 bits per heavy atom. The van der Waals surface area contributed by atoms with Crippen molar-refractivity contribution in [2.75, 3.05) is 6.54 Å². The third-order valence-electron chi connectivity index (χ3n) is 5.08. The molecular formula is C17H33NO. The van der Waals surface area contributed by atoms with Gasteiger partial charge in [-0.2, -0.15) is 0 Å². The van der Waals surface area contributed by atoms with Gasteiger partial charge in [-0.15, -0.1) is 0 Å². The van der Waals surface area contributed by atoms with E-state index in [2.05, 4.69) is 26.1 Å². The number of rotatable bonds is 6. The van der Waals surface area contributed by atoms with Crippen molar-refractivity contribution in [1.82, 2.24) is 5.32 Å². The lowest BCUT2D eigenvalue weighted by Gasteiger charge is -2.38. The molecule has 2 atom stereocenters. The maximum atomic E-state index is 6.66. The fraction of sp³-hybridized carbons (Fsp3) is 1.00. The average Bonchev–Trinajstić information content (AvgIpc) is 2.86. The molecular weight excluding hydrogens is 234 g/mol. The molecule has 0 aromatic heterocycles. The van der Waals surface area contributed by atoms with E-state index < -0.39 is 0 Å². The van der Waals surface area contributed by atoms with Gasteiger partial charge in [0.05, 0.1) is 11.7 Å². The van der Waals surface area contributed by atoms with Crippen molar-refractivity contribution in [2.45, 2.75) is 96.3 Å². The van der Waals surface area contributed by atoms with Gasteiger partial charge in [0.1, 0.15) is 0 Å². The van der Waals surface area contributed by atoms with E-state index in [9.17, 15) is 0 Å². The molecule has 2 unspecified atom stereocenters. The van der Waals surface area contributed by atoms with Gasteiger partial charge in [0.25, 0.3) is 0 Å². The predicted octanol–water partition coefficient (Wildman–Crippen LogP) is 4.28. The number of ether oxygens (including phenoxy) is 1. The topological polar surface area (TPSA) is 21.3 Å². The third kappa shape index (κ3) is 4.46. The fourth-order valence-corrected chi connectivity index (χ4v) is 3.82. The first kappa shape index (κ1) is 15.3. The first-order chi connectivity index (χ1) is 9.13. The second-order valence-electron chi connectivity index (χ2n) is 7.11. The Morgan fingerprint density at radius 3 is 2.53 bits per heavy atom. The zero-order valence-corrected chi connectivity index (χ0v) is 13.2. The maximum Gasteiger partial charge on any atom is 0.0810 e. The minimum Gasteiger partial charge on any atom is -0.370 e. The third-order valence-corrected chi connectivity index (χ3v) is 5.08. The Hall–Kier alpha value is -0.0800. The van der Waals surface area contributed by atoms with Crippen LogP contribution in [0.2, 0.25) is 0 Å². The fourth-order valence-electron chi connectivity index (χ4n) is 3.82. The van der Waals surface area contributed by atoms with E-state index in [-0.39, 0.29) is 5.60 Å². The molecule has 0 radical (unpaired) electrons. The molecule has 2 heteroatoms. The summed E-state index contributed by atoms with van der Waals surface area (Å²) in [4.78, 5) is 0. The van der Waals surface area contributed by atoms with Crippen molar-refractivity contribution < 1.29 is 4.74 Å². The van der Waals surface area contributed by atoms with Gasteiger partial charge in [-0.05, 0) is 31.6 Å². The normalized spacial score (nSPS) is 30.9. The molecule has 2 nitrogen and oxygen atoms in total. The van der Waals surface area contributed by atoms with Gasteiger partial charge in [-0.3, -0.25) is 0 Å². The van der Waals surface area contributed by atoms with E-state index in [1.165, 1.54) is 57.8 Å². The summed E-state index contributed by atoms with van der Waals surface area (Å²) in [6.07, 6.45) is 12.5. The molecule has 0 heterocycles. The van der Waals surface area contributed by atoms with Crippen molar-refractivity contribution in [1.29, 1.82) is 0 Å². The number of hydrogen-bond donors (Lipinski definition) is 1. The van der Waals surface area contributed by atoms with Crippen LogP contribution in [0.4, 0.5) is 0 Å². The van der Waals surface area contributed by atoms with Crippen molar-refractivity contribution in [3.63, 3.8) is 0 Å². The van der Waals surface area contributed by atoms with Gasteiger partial charge in [-0.1, -0.05) is 52.9 Å². The van der Waals surface area contributed by atoms with E-state index in [4.69, 9.17) is 4.74 Å². The first-order valence-corrected chi connectivity index (χ1v) is 8.55. The van der Waals surface area contributed by atoms with Gasteiger partial charge in [0.15, 0.2) is 0 Å². The summed E-state index contributed by atoms with van der Waals surface area (Å²) >= 11 is 0. The summed E-state index contributed by atoms with van der Waals surface area (Å²) in [6.45, 7) is 7.85. The van der Waals surface area contributed by atoms with Crippen LogP contribution in [0.5, 0.6) is 0 Å². The van der Waals surface area contributed by atoms with Crippen molar-refractivity contribution >= 4 is 0 Å². The highest BCUT2D eigenvalue weighted by molar-refractivity contribution is 4.91. The van der Waals surface area contributed by atoms with E-state index in [0.29, 0.717) is 12.1 Å². The van der Waals surface area contributed by atoms with Gasteiger partial charge in [0, 0.05) is 12.6 Å². The minimum atomic E-state index is 0.157. The van der Waals surface area contributed by atoms with Crippen LogP contribution in [0.15, 0.2) is 0 Å². The van der Waals surface area contributed by atoms with Crippen molar-refractivity contribution in [3.8, 4) is 0 Å². The highest BCUT2D eigenvalue weighted by atomic mass is 16.5. The quantitative estimate of drug-likeness (QED) is 0.775. The number of nitrogens with one attached hydrogen (secondary N) is 1. The molecule has 2 aliphatic rings. The highest BCUT2D eigenvalue weighted by Gasteiger charge is 2.38. The summed E-state index contributed by atoms with van der Waals surface area (Å²) in [5.41, 5.74) is 0.157. The zero-order valence-electron chi connectivity index (χ0n) is 13.2. The Morgan fingerprint density at radius 2 is 1.89 bits per heavy atom. The van der Waals surface area contributed by atoms with Crippen LogP contribution in [-0.4, -0.2) is 24.3 Å². The van der Waals surface area contributed by atoms with Crippen molar-refractivity contribution in [3.05, 3.63) is 0 Å². The van der Waals surface area contributed by atoms with Crippen LogP contribution < -0.4 is 5.32 Å². The molecule has 0 bridgehead atoms. The minimum absolute atomic E-state index is 0.157. The van der Waals surface area contributed by atoms with Gasteiger partial charge in [0.2, 0.25) is 0 Å². The summed E-state index contributed by atoms with van der Waals surface area (Å²) in [7, 11) is 0. The molecule has 2 rings (SSSR count). The molecule has 1 N–H and O–H groups in total. The van der Waals surface area contributed by atoms with Crippen LogP contribution in [0.25, 0.3) is 0 Å². The second-order valence-corrected chi connectivity index (χ2v) is 7.11. The molecule has 19 heavy (non-hydrogen) atoms. The van der Waals surface area contributed by atoms with Crippen LogP contribution in [0.1, 0.15) is 78.6 Å². The molecule has 0 amide bonds. The van der Waals surface area contributed by atoms with Crippen LogP contribution in [-0.2, 0) is 4.74 Å². The first-order valence-electron chi connectivity index (χ1n) is 8.55. The summed E-state index contributed by atoms with van der Waals surface area (Å²) in [6, 6.07) is 0.566. The van der Waals surface area contributed by atoms with E-state index >= 15 is 0 Å². The molecule has 0 aromatic carbocycles. The molecule has 0 spiro atoms. The number of hydrogen-bond acceptors (Lipinski definition) is 2. The summed E-state index contributed by atoms with van der Waals surface area (Å²) in [5, 5.41) is 3.62. The van der Waals surface area contributed by atoms with Gasteiger partial charge >= 0.3 is 0 Å². The lowest BCUT2D eigenvalue weighted by molar-refractivity contribution is -0.107. The van der Waals surface area contributed by atoms with Crippen molar-refractivity contribution in [2.24, 2.45) is 5.92 Å². The molecule has 0 aliphatic heterocycles. The Kier molecular flexibility index (Phi) is 5.70. The Balaban J connectivity index is 1.88. The monoisotopic (exact) mass is 267 g/mol. The molecule has 0 aromatic rings. The van der Waals surface area contributed by atoms with E-state index in [1.807, 2.05) is 0 Å². The van der Waals surface area contributed by atoms with Gasteiger partial charge in [-0.25, -0.2) is 0 Å². The average molecular weight is 267 g/mol. The highest BCUT2D eigenvalue weighted by Crippen LogP contribution is 2.38. The molecule has 2 aliphatic carbocycles. The summed E-state index contributed by atoms with van der Waals surface area (Å²) in [5.74, 6) is 0.912. The second kappa shape index (κ2) is 7.08. The predicted molar refractivity (Wildman–Crippen MR) is 81.5 cm³/mol. The largest absolute Gasteiger partial charge is 0.370 e. The zero-order chi connectivity index (χ0) is 13.7. The SMILES string of the molecule is CCC1CCCC(OC2(CNC(C)C)CCCC2)C1. The molecule has 2 saturated carbocycles. The smallest absolute Gasteiger partial charge is 0.0810 e. The molecule has 0 saturated heterocycles. The van der Waals surface area contributed by atoms with Gasteiger partial charge < -0.3 is 10.1 Å². The van der Waals surface area contributed by atoms with E-state index in [1.54, 1.807) is 0 Å². The summed E-state index contributed by atoms with van der Waals surface area (Å²) < 4.78 is 6.66. The molecule has 112 valence electrons. The Labute approximate surface area is 119 Å². The van der Waals surface area contributed by atoms with E-state index in [0.717, 1.165) is 12.5 Å². The van der Waals surface area contributed by atoms with Crippen LogP contribution in [0, 0.1) is 5.92 Å². The lowest BCUT2D eigenvalue weighted by Crippen LogP contribution is -2.46. The standard InChI is InChI=1S/C17H33NO/c1-4-15-8-7-9-16(12-15)19-17(10-5-6-11-17)13-18-14(2)3/h14-16,18H,4-13H2,1-3H3. The lowest BCUT2D eigenvalue weighted by atomic mass is 9.85. The van der Waals surface area contributed by atoms with Crippen LogP contribution in [0.3, 0.4) is 0 Å². The molecule has 2 fully saturated rings. The maximum absolute atomic E-state index is 6.66. The Bertz CT molecular complexity index is 258. The van der Waals surface area contributed by atoms with Crippen LogP contribution >= 0.6 is 0 Å².